The molecule has 1 saturated heterocycles. The van der Waals surface area contributed by atoms with Gasteiger partial charge in [-0.05, 0) is 26.2 Å². The lowest BCUT2D eigenvalue weighted by atomic mass is 9.99. The van der Waals surface area contributed by atoms with E-state index in [4.69, 9.17) is 14.2 Å². The molecule has 0 radical (unpaired) electrons. The minimum absolute atomic E-state index is 0.00160. The molecule has 1 aliphatic heterocycles. The summed E-state index contributed by atoms with van der Waals surface area (Å²) in [6.45, 7) is 12.3. The predicted octanol–water partition coefficient (Wildman–Crippen LogP) is 2.21. The van der Waals surface area contributed by atoms with E-state index < -0.39 is 24.0 Å². The zero-order valence-electron chi connectivity index (χ0n) is 13.8. The molecule has 1 heterocycles. The second-order valence-electron chi connectivity index (χ2n) is 7.47. The predicted molar refractivity (Wildman–Crippen MR) is 77.9 cm³/mol. The fourth-order valence-corrected chi connectivity index (χ4v) is 1.73. The van der Waals surface area contributed by atoms with Crippen LogP contribution in [-0.2, 0) is 19.0 Å². The normalized spacial score (nSPS) is 23.8. The van der Waals surface area contributed by atoms with E-state index in [-0.39, 0.29) is 18.6 Å². The molecule has 0 N–H and O–H groups in total. The van der Waals surface area contributed by atoms with Crippen molar-refractivity contribution in [2.45, 2.75) is 59.5 Å². The number of ether oxygens (including phenoxy) is 3. The van der Waals surface area contributed by atoms with Gasteiger partial charge >= 0.3 is 6.09 Å². The zero-order valence-corrected chi connectivity index (χ0v) is 13.8. The lowest BCUT2D eigenvalue weighted by Gasteiger charge is -2.38. The van der Waals surface area contributed by atoms with Gasteiger partial charge in [-0.3, -0.25) is 4.90 Å². The molecule has 6 heteroatoms. The number of hydrogen-bond acceptors (Lipinski definition) is 5. The SMILES string of the molecule is CC(C)(C)COC1CN(C(=O)OC(C)(C)C)C(C=O)CO1. The highest BCUT2D eigenvalue weighted by molar-refractivity contribution is 5.74. The first-order valence-corrected chi connectivity index (χ1v) is 7.20. The van der Waals surface area contributed by atoms with Gasteiger partial charge in [0.25, 0.3) is 0 Å². The van der Waals surface area contributed by atoms with E-state index in [2.05, 4.69) is 20.8 Å². The molecule has 1 rings (SSSR count). The van der Waals surface area contributed by atoms with Crippen molar-refractivity contribution >= 4 is 12.4 Å². The van der Waals surface area contributed by atoms with Crippen LogP contribution in [0.25, 0.3) is 0 Å². The topological polar surface area (TPSA) is 65.1 Å². The second kappa shape index (κ2) is 6.75. The van der Waals surface area contributed by atoms with Crippen LogP contribution in [-0.4, -0.2) is 55.0 Å². The van der Waals surface area contributed by atoms with Crippen molar-refractivity contribution in [2.75, 3.05) is 19.8 Å². The van der Waals surface area contributed by atoms with Gasteiger partial charge < -0.3 is 19.0 Å². The number of rotatable bonds is 3. The Balaban J connectivity index is 2.65. The molecule has 1 fully saturated rings. The second-order valence-corrected chi connectivity index (χ2v) is 7.47. The van der Waals surface area contributed by atoms with Crippen LogP contribution in [0.4, 0.5) is 4.79 Å². The molecule has 2 atom stereocenters. The summed E-state index contributed by atoms with van der Waals surface area (Å²) in [5, 5.41) is 0. The number of carbonyl (C=O) groups excluding carboxylic acids is 2. The van der Waals surface area contributed by atoms with Gasteiger partial charge in [0.15, 0.2) is 6.29 Å². The van der Waals surface area contributed by atoms with E-state index in [9.17, 15) is 9.59 Å². The van der Waals surface area contributed by atoms with Crippen molar-refractivity contribution in [3.8, 4) is 0 Å². The van der Waals surface area contributed by atoms with Gasteiger partial charge in [0.2, 0.25) is 0 Å². The van der Waals surface area contributed by atoms with E-state index in [1.165, 1.54) is 4.90 Å². The quantitative estimate of drug-likeness (QED) is 0.748. The number of nitrogens with zero attached hydrogens (tertiary/aromatic N) is 1. The van der Waals surface area contributed by atoms with Crippen molar-refractivity contribution in [1.29, 1.82) is 0 Å². The van der Waals surface area contributed by atoms with Gasteiger partial charge in [-0.15, -0.1) is 0 Å². The van der Waals surface area contributed by atoms with Gasteiger partial charge in [-0.25, -0.2) is 4.79 Å². The van der Waals surface area contributed by atoms with E-state index in [1.807, 2.05) is 0 Å². The molecule has 0 bridgehead atoms. The molecule has 0 aliphatic carbocycles. The number of aldehydes is 1. The van der Waals surface area contributed by atoms with Crippen LogP contribution in [0.2, 0.25) is 0 Å². The highest BCUT2D eigenvalue weighted by Gasteiger charge is 2.35. The smallest absolute Gasteiger partial charge is 0.411 e. The summed E-state index contributed by atoms with van der Waals surface area (Å²) in [5.41, 5.74) is -0.605. The molecule has 0 aromatic carbocycles. The Hall–Kier alpha value is -1.14. The fourth-order valence-electron chi connectivity index (χ4n) is 1.73. The highest BCUT2D eigenvalue weighted by atomic mass is 16.7. The minimum atomic E-state index is -0.630. The molecule has 0 saturated carbocycles. The average molecular weight is 301 g/mol. The molecule has 21 heavy (non-hydrogen) atoms. The maximum atomic E-state index is 12.2. The Morgan fingerprint density at radius 2 is 1.90 bits per heavy atom. The Labute approximate surface area is 126 Å². The lowest BCUT2D eigenvalue weighted by Crippen LogP contribution is -2.55. The van der Waals surface area contributed by atoms with Crippen molar-refractivity contribution in [3.63, 3.8) is 0 Å². The standard InChI is InChI=1S/C15H27NO5/c1-14(2,3)10-20-12-7-16(11(8-17)9-19-12)13(18)21-15(4,5)6/h8,11-12H,7,9-10H2,1-6H3. The molecule has 1 amide bonds. The van der Waals surface area contributed by atoms with Gasteiger partial charge in [0, 0.05) is 0 Å². The van der Waals surface area contributed by atoms with Crippen molar-refractivity contribution in [2.24, 2.45) is 5.41 Å². The first-order chi connectivity index (χ1) is 9.52. The molecule has 0 aromatic heterocycles. The van der Waals surface area contributed by atoms with Crippen LogP contribution in [0.5, 0.6) is 0 Å². The van der Waals surface area contributed by atoms with Crippen molar-refractivity contribution < 1.29 is 23.8 Å². The fraction of sp³-hybridized carbons (Fsp3) is 0.867. The molecule has 2 unspecified atom stereocenters. The Morgan fingerprint density at radius 3 is 2.38 bits per heavy atom. The van der Waals surface area contributed by atoms with Gasteiger partial charge in [0.05, 0.1) is 19.8 Å². The Morgan fingerprint density at radius 1 is 1.29 bits per heavy atom. The van der Waals surface area contributed by atoms with Crippen LogP contribution in [0.15, 0.2) is 0 Å². The Bertz CT molecular complexity index is 369. The molecule has 0 aromatic rings. The lowest BCUT2D eigenvalue weighted by molar-refractivity contribution is -0.198. The molecule has 0 spiro atoms. The van der Waals surface area contributed by atoms with Gasteiger partial charge in [0.1, 0.15) is 17.9 Å². The summed E-state index contributed by atoms with van der Waals surface area (Å²) >= 11 is 0. The minimum Gasteiger partial charge on any atom is -0.444 e. The van der Waals surface area contributed by atoms with E-state index >= 15 is 0 Å². The number of morpholine rings is 1. The number of carbonyl (C=O) groups is 2. The van der Waals surface area contributed by atoms with Crippen LogP contribution in [0.3, 0.4) is 0 Å². The van der Waals surface area contributed by atoms with Gasteiger partial charge in [-0.1, -0.05) is 20.8 Å². The third-order valence-corrected chi connectivity index (χ3v) is 2.69. The monoisotopic (exact) mass is 301 g/mol. The zero-order chi connectivity index (χ0) is 16.3. The van der Waals surface area contributed by atoms with E-state index in [1.54, 1.807) is 20.8 Å². The molecule has 6 nitrogen and oxygen atoms in total. The first kappa shape index (κ1) is 17.9. The summed E-state index contributed by atoms with van der Waals surface area (Å²) < 4.78 is 16.5. The maximum Gasteiger partial charge on any atom is 0.411 e. The summed E-state index contributed by atoms with van der Waals surface area (Å²) in [6.07, 6.45) is -0.357. The first-order valence-electron chi connectivity index (χ1n) is 7.20. The van der Waals surface area contributed by atoms with Gasteiger partial charge in [-0.2, -0.15) is 0 Å². The maximum absolute atomic E-state index is 12.2. The molecular formula is C15H27NO5. The van der Waals surface area contributed by atoms with E-state index in [0.717, 1.165) is 0 Å². The average Bonchev–Trinajstić information content (AvgIpc) is 2.33. The van der Waals surface area contributed by atoms with Crippen LogP contribution in [0, 0.1) is 5.41 Å². The molecule has 122 valence electrons. The number of hydrogen-bond donors (Lipinski definition) is 0. The third kappa shape index (κ3) is 6.44. The molecule has 1 aliphatic rings. The van der Waals surface area contributed by atoms with Crippen LogP contribution in [0.1, 0.15) is 41.5 Å². The Kier molecular flexibility index (Phi) is 5.75. The van der Waals surface area contributed by atoms with Crippen LogP contribution < -0.4 is 0 Å². The largest absolute Gasteiger partial charge is 0.444 e. The summed E-state index contributed by atoms with van der Waals surface area (Å²) in [6, 6.07) is -0.630. The summed E-state index contributed by atoms with van der Waals surface area (Å²) in [4.78, 5) is 24.6. The third-order valence-electron chi connectivity index (χ3n) is 2.69. The summed E-state index contributed by atoms with van der Waals surface area (Å²) in [7, 11) is 0. The van der Waals surface area contributed by atoms with Crippen molar-refractivity contribution in [3.05, 3.63) is 0 Å². The highest BCUT2D eigenvalue weighted by Crippen LogP contribution is 2.19. The van der Waals surface area contributed by atoms with E-state index in [0.29, 0.717) is 12.9 Å². The van der Waals surface area contributed by atoms with Crippen molar-refractivity contribution in [1.82, 2.24) is 4.90 Å². The van der Waals surface area contributed by atoms with Crippen LogP contribution >= 0.6 is 0 Å². The summed E-state index contributed by atoms with van der Waals surface area (Å²) in [5.74, 6) is 0. The molecular weight excluding hydrogens is 274 g/mol. The number of amides is 1.